The van der Waals surface area contributed by atoms with E-state index in [9.17, 15) is 10.2 Å². The lowest BCUT2D eigenvalue weighted by molar-refractivity contribution is -0.00148. The first-order valence-electron chi connectivity index (χ1n) is 7.92. The summed E-state index contributed by atoms with van der Waals surface area (Å²) in [6.45, 7) is 1.19. The Morgan fingerprint density at radius 3 is 2.54 bits per heavy atom. The Morgan fingerprint density at radius 1 is 1.21 bits per heavy atom. The topological polar surface area (TPSA) is 70.7 Å². The van der Waals surface area contributed by atoms with Crippen molar-refractivity contribution in [1.82, 2.24) is 14.6 Å². The van der Waals surface area contributed by atoms with E-state index in [1.165, 1.54) is 5.56 Å². The van der Waals surface area contributed by atoms with Crippen LogP contribution in [0, 0.1) is 0 Å². The van der Waals surface area contributed by atoms with Crippen LogP contribution in [0.3, 0.4) is 0 Å². The summed E-state index contributed by atoms with van der Waals surface area (Å²) >= 11 is 6.00. The van der Waals surface area contributed by atoms with Crippen LogP contribution in [-0.4, -0.2) is 31.4 Å². The number of benzene rings is 1. The van der Waals surface area contributed by atoms with Gasteiger partial charge in [-0.15, -0.1) is 10.2 Å². The molecule has 4 rings (SSSR count). The van der Waals surface area contributed by atoms with Gasteiger partial charge in [0.1, 0.15) is 11.4 Å². The summed E-state index contributed by atoms with van der Waals surface area (Å²) in [5, 5.41) is 29.3. The van der Waals surface area contributed by atoms with Crippen LogP contribution in [0.1, 0.15) is 36.7 Å². The maximum atomic E-state index is 10.4. The SMILES string of the molecule is CC(O)(CO)c1cccn2c(C3(c4ccc(Cl)cc4)CC3)nnc12. The fourth-order valence-corrected chi connectivity index (χ4v) is 3.41. The molecule has 2 aromatic heterocycles. The van der Waals surface area contributed by atoms with Crippen LogP contribution in [0.4, 0.5) is 0 Å². The average Bonchev–Trinajstić information content (AvgIpc) is 3.27. The number of aliphatic hydroxyl groups excluding tert-OH is 1. The van der Waals surface area contributed by atoms with Crippen molar-refractivity contribution in [3.05, 3.63) is 64.6 Å². The van der Waals surface area contributed by atoms with Gasteiger partial charge < -0.3 is 10.2 Å². The number of halogens is 1. The molecule has 1 saturated carbocycles. The van der Waals surface area contributed by atoms with Gasteiger partial charge in [-0.3, -0.25) is 4.40 Å². The molecule has 1 fully saturated rings. The van der Waals surface area contributed by atoms with E-state index in [1.54, 1.807) is 13.0 Å². The largest absolute Gasteiger partial charge is 0.393 e. The summed E-state index contributed by atoms with van der Waals surface area (Å²) in [5.41, 5.74) is 0.794. The molecule has 1 aliphatic carbocycles. The van der Waals surface area contributed by atoms with Crippen molar-refractivity contribution in [2.75, 3.05) is 6.61 Å². The van der Waals surface area contributed by atoms with Crippen LogP contribution in [0.15, 0.2) is 42.6 Å². The van der Waals surface area contributed by atoms with E-state index in [4.69, 9.17) is 11.6 Å². The van der Waals surface area contributed by atoms with Crippen LogP contribution in [0.5, 0.6) is 0 Å². The number of hydrogen-bond acceptors (Lipinski definition) is 4. The van der Waals surface area contributed by atoms with E-state index in [2.05, 4.69) is 10.2 Å². The van der Waals surface area contributed by atoms with Gasteiger partial charge in [-0.25, -0.2) is 0 Å². The molecule has 0 spiro atoms. The molecular weight excluding hydrogens is 326 g/mol. The maximum absolute atomic E-state index is 10.4. The van der Waals surface area contributed by atoms with Crippen molar-refractivity contribution in [3.63, 3.8) is 0 Å². The van der Waals surface area contributed by atoms with Crippen LogP contribution in [-0.2, 0) is 11.0 Å². The quantitative estimate of drug-likeness (QED) is 0.764. The molecule has 3 aromatic rings. The molecule has 0 radical (unpaired) electrons. The number of aromatic nitrogens is 3. The number of aliphatic hydroxyl groups is 2. The molecule has 0 aliphatic heterocycles. The molecule has 0 bridgehead atoms. The van der Waals surface area contributed by atoms with Gasteiger partial charge in [0.05, 0.1) is 12.0 Å². The third-order valence-electron chi connectivity index (χ3n) is 4.90. The van der Waals surface area contributed by atoms with Gasteiger partial charge in [0.15, 0.2) is 5.65 Å². The number of fused-ring (bicyclic) bond motifs is 1. The van der Waals surface area contributed by atoms with Crippen LogP contribution >= 0.6 is 11.6 Å². The van der Waals surface area contributed by atoms with Gasteiger partial charge in [0, 0.05) is 16.8 Å². The fraction of sp³-hybridized carbons (Fsp3) is 0.333. The summed E-state index contributed by atoms with van der Waals surface area (Å²) in [7, 11) is 0. The predicted octanol–water partition coefficient (Wildman–Crippen LogP) is 2.66. The van der Waals surface area contributed by atoms with Crippen molar-refractivity contribution in [1.29, 1.82) is 0 Å². The zero-order valence-electron chi connectivity index (χ0n) is 13.3. The Morgan fingerprint density at radius 2 is 1.92 bits per heavy atom. The van der Waals surface area contributed by atoms with Gasteiger partial charge in [0.25, 0.3) is 0 Å². The minimum atomic E-state index is -1.36. The van der Waals surface area contributed by atoms with Crippen molar-refractivity contribution in [2.45, 2.75) is 30.8 Å². The number of pyridine rings is 1. The molecule has 5 nitrogen and oxygen atoms in total. The van der Waals surface area contributed by atoms with Gasteiger partial charge >= 0.3 is 0 Å². The molecule has 0 saturated heterocycles. The van der Waals surface area contributed by atoms with E-state index in [-0.39, 0.29) is 12.0 Å². The highest BCUT2D eigenvalue weighted by molar-refractivity contribution is 6.30. The van der Waals surface area contributed by atoms with Gasteiger partial charge in [-0.05, 0) is 43.5 Å². The van der Waals surface area contributed by atoms with E-state index < -0.39 is 5.60 Å². The Bertz CT molecular complexity index is 898. The normalized spacial score (nSPS) is 18.5. The first-order chi connectivity index (χ1) is 11.5. The van der Waals surface area contributed by atoms with E-state index in [1.807, 2.05) is 40.9 Å². The second-order valence-corrected chi connectivity index (χ2v) is 7.10. The first kappa shape index (κ1) is 15.6. The number of rotatable bonds is 4. The second kappa shape index (κ2) is 5.28. The molecule has 2 heterocycles. The molecule has 6 heteroatoms. The summed E-state index contributed by atoms with van der Waals surface area (Å²) < 4.78 is 1.92. The molecule has 124 valence electrons. The molecule has 24 heavy (non-hydrogen) atoms. The zero-order valence-corrected chi connectivity index (χ0v) is 14.0. The molecule has 1 aromatic carbocycles. The lowest BCUT2D eigenvalue weighted by Gasteiger charge is -2.21. The standard InChI is InChI=1S/C18H18ClN3O2/c1-17(24,11-23)14-3-2-10-22-15(14)20-21-16(22)18(8-9-18)12-4-6-13(19)7-5-12/h2-7,10,23-24H,8-9,11H2,1H3. The Labute approximate surface area is 144 Å². The van der Waals surface area contributed by atoms with E-state index >= 15 is 0 Å². The van der Waals surface area contributed by atoms with Gasteiger partial charge in [0.2, 0.25) is 0 Å². The lowest BCUT2D eigenvalue weighted by atomic mass is 9.94. The summed E-state index contributed by atoms with van der Waals surface area (Å²) in [5.74, 6) is 0.857. The fourth-order valence-electron chi connectivity index (χ4n) is 3.28. The Kier molecular flexibility index (Phi) is 3.42. The van der Waals surface area contributed by atoms with Crippen LogP contribution in [0.25, 0.3) is 5.65 Å². The molecular formula is C18H18ClN3O2. The molecule has 1 atom stereocenters. The maximum Gasteiger partial charge on any atom is 0.167 e. The smallest absolute Gasteiger partial charge is 0.167 e. The third kappa shape index (κ3) is 2.24. The Hall–Kier alpha value is -1.95. The molecule has 0 amide bonds. The van der Waals surface area contributed by atoms with Crippen LogP contribution < -0.4 is 0 Å². The highest BCUT2D eigenvalue weighted by atomic mass is 35.5. The first-order valence-corrected chi connectivity index (χ1v) is 8.30. The minimum absolute atomic E-state index is 0.159. The number of nitrogens with zero attached hydrogens (tertiary/aromatic N) is 3. The predicted molar refractivity (Wildman–Crippen MR) is 91.1 cm³/mol. The van der Waals surface area contributed by atoms with Crippen molar-refractivity contribution < 1.29 is 10.2 Å². The lowest BCUT2D eigenvalue weighted by Crippen LogP contribution is -2.26. The average molecular weight is 344 g/mol. The summed E-state index contributed by atoms with van der Waals surface area (Å²) in [6.07, 6.45) is 3.89. The molecule has 1 unspecified atom stereocenters. The van der Waals surface area contributed by atoms with Gasteiger partial charge in [-0.1, -0.05) is 29.8 Å². The zero-order chi connectivity index (χ0) is 16.9. The van der Waals surface area contributed by atoms with Gasteiger partial charge in [-0.2, -0.15) is 0 Å². The molecule has 1 aliphatic rings. The summed E-state index contributed by atoms with van der Waals surface area (Å²) in [4.78, 5) is 0. The summed E-state index contributed by atoms with van der Waals surface area (Å²) in [6, 6.07) is 11.5. The highest BCUT2D eigenvalue weighted by Gasteiger charge is 2.49. The second-order valence-electron chi connectivity index (χ2n) is 6.66. The monoisotopic (exact) mass is 343 g/mol. The van der Waals surface area contributed by atoms with Crippen molar-refractivity contribution in [3.8, 4) is 0 Å². The van der Waals surface area contributed by atoms with E-state index in [0.29, 0.717) is 16.2 Å². The van der Waals surface area contributed by atoms with E-state index in [0.717, 1.165) is 18.7 Å². The van der Waals surface area contributed by atoms with Crippen molar-refractivity contribution in [2.24, 2.45) is 0 Å². The Balaban J connectivity index is 1.87. The molecule has 2 N–H and O–H groups in total. The highest BCUT2D eigenvalue weighted by Crippen LogP contribution is 2.53. The minimum Gasteiger partial charge on any atom is -0.393 e. The third-order valence-corrected chi connectivity index (χ3v) is 5.15. The number of hydrogen-bond donors (Lipinski definition) is 2. The van der Waals surface area contributed by atoms with Crippen LogP contribution in [0.2, 0.25) is 5.02 Å². The van der Waals surface area contributed by atoms with Crippen molar-refractivity contribution >= 4 is 17.2 Å².